The van der Waals surface area contributed by atoms with E-state index in [0.717, 1.165) is 12.2 Å². The predicted octanol–water partition coefficient (Wildman–Crippen LogP) is 1.81. The Morgan fingerprint density at radius 1 is 1.53 bits per heavy atom. The van der Waals surface area contributed by atoms with E-state index in [0.29, 0.717) is 18.9 Å². The number of rotatable bonds is 7. The third-order valence-corrected chi connectivity index (χ3v) is 2.87. The van der Waals surface area contributed by atoms with E-state index in [1.54, 1.807) is 14.0 Å². The molecule has 0 aliphatic heterocycles. The minimum absolute atomic E-state index is 0.252. The Morgan fingerprint density at radius 2 is 2.24 bits per heavy atom. The molecule has 1 heterocycles. The van der Waals surface area contributed by atoms with Crippen LogP contribution in [0.3, 0.4) is 0 Å². The van der Waals surface area contributed by atoms with Crippen LogP contribution in [0.5, 0.6) is 0 Å². The van der Waals surface area contributed by atoms with E-state index in [4.69, 9.17) is 9.15 Å². The average molecular weight is 241 g/mol. The molecule has 2 unspecified atom stereocenters. The number of methoxy groups -OCH3 is 1. The summed E-state index contributed by atoms with van der Waals surface area (Å²) in [6.45, 7) is 6.79. The van der Waals surface area contributed by atoms with E-state index in [1.165, 1.54) is 0 Å². The molecule has 2 N–H and O–H groups in total. The molecule has 2 atom stereocenters. The van der Waals surface area contributed by atoms with Gasteiger partial charge < -0.3 is 19.6 Å². The Balaban J connectivity index is 2.54. The van der Waals surface area contributed by atoms with Crippen molar-refractivity contribution in [1.82, 2.24) is 5.32 Å². The van der Waals surface area contributed by atoms with Gasteiger partial charge in [0, 0.05) is 19.7 Å². The van der Waals surface area contributed by atoms with Crippen LogP contribution in [0.2, 0.25) is 0 Å². The lowest BCUT2D eigenvalue weighted by Gasteiger charge is -2.25. The molecule has 1 rings (SSSR count). The number of aliphatic hydroxyl groups is 1. The Hall–Kier alpha value is -0.840. The lowest BCUT2D eigenvalue weighted by atomic mass is 10.0. The number of furan rings is 1. The van der Waals surface area contributed by atoms with Crippen molar-refractivity contribution >= 4 is 0 Å². The first-order valence-electron chi connectivity index (χ1n) is 6.01. The molecule has 4 heteroatoms. The van der Waals surface area contributed by atoms with Crippen LogP contribution in [-0.2, 0) is 10.3 Å². The zero-order valence-electron chi connectivity index (χ0n) is 11.1. The zero-order chi connectivity index (χ0) is 12.9. The number of nitrogens with one attached hydrogen (secondary N) is 1. The molecule has 0 fully saturated rings. The number of ether oxygens (including phenoxy) is 1. The first-order valence-corrected chi connectivity index (χ1v) is 6.01. The summed E-state index contributed by atoms with van der Waals surface area (Å²) in [5.41, 5.74) is -0.991. The molecule has 1 aromatic heterocycles. The molecule has 4 nitrogen and oxygen atoms in total. The maximum absolute atomic E-state index is 10.3. The Bertz CT molecular complexity index is 333. The van der Waals surface area contributed by atoms with Crippen molar-refractivity contribution in [3.05, 3.63) is 23.7 Å². The van der Waals surface area contributed by atoms with Gasteiger partial charge in [0.25, 0.3) is 0 Å². The second-order valence-electron chi connectivity index (χ2n) is 4.63. The average Bonchev–Trinajstić information content (AvgIpc) is 2.72. The predicted molar refractivity (Wildman–Crippen MR) is 67.0 cm³/mol. The van der Waals surface area contributed by atoms with Crippen molar-refractivity contribution in [2.45, 2.75) is 38.8 Å². The summed E-state index contributed by atoms with van der Waals surface area (Å²) in [4.78, 5) is 0. The van der Waals surface area contributed by atoms with Gasteiger partial charge in [-0.05, 0) is 32.4 Å². The quantitative estimate of drug-likeness (QED) is 0.764. The lowest BCUT2D eigenvalue weighted by molar-refractivity contribution is 0.0271. The van der Waals surface area contributed by atoms with Gasteiger partial charge in [0.05, 0.1) is 6.61 Å². The van der Waals surface area contributed by atoms with Crippen LogP contribution >= 0.6 is 0 Å². The molecule has 1 aromatic rings. The molecule has 0 spiro atoms. The summed E-state index contributed by atoms with van der Waals surface area (Å²) in [6.07, 6.45) is 0.959. The first-order chi connectivity index (χ1) is 7.99. The monoisotopic (exact) mass is 241 g/mol. The highest BCUT2D eigenvalue weighted by molar-refractivity contribution is 5.12. The summed E-state index contributed by atoms with van der Waals surface area (Å²) in [5.74, 6) is 1.40. The molecule has 0 radical (unpaired) electrons. The summed E-state index contributed by atoms with van der Waals surface area (Å²) in [5, 5.41) is 13.6. The fraction of sp³-hybridized carbons (Fsp3) is 0.692. The van der Waals surface area contributed by atoms with Crippen LogP contribution in [0.1, 0.15) is 31.8 Å². The molecule has 0 amide bonds. The normalized spacial score (nSPS) is 16.8. The van der Waals surface area contributed by atoms with Crippen LogP contribution in [0.15, 0.2) is 16.5 Å². The number of hydrogen-bond donors (Lipinski definition) is 2. The molecule has 0 aliphatic carbocycles. The zero-order valence-corrected chi connectivity index (χ0v) is 11.1. The van der Waals surface area contributed by atoms with Crippen LogP contribution in [-0.4, -0.2) is 31.4 Å². The van der Waals surface area contributed by atoms with E-state index in [1.807, 2.05) is 19.1 Å². The molecule has 0 saturated carbocycles. The highest BCUT2D eigenvalue weighted by atomic mass is 16.5. The molecule has 0 aromatic carbocycles. The molecular formula is C13H23NO3. The molecule has 17 heavy (non-hydrogen) atoms. The van der Waals surface area contributed by atoms with E-state index >= 15 is 0 Å². The smallest absolute Gasteiger partial charge is 0.136 e. The maximum atomic E-state index is 10.3. The maximum Gasteiger partial charge on any atom is 0.136 e. The van der Waals surface area contributed by atoms with Crippen molar-refractivity contribution in [2.24, 2.45) is 0 Å². The van der Waals surface area contributed by atoms with Crippen LogP contribution in [0.25, 0.3) is 0 Å². The minimum Gasteiger partial charge on any atom is -0.463 e. The van der Waals surface area contributed by atoms with Gasteiger partial charge in [0.2, 0.25) is 0 Å². The van der Waals surface area contributed by atoms with Crippen LogP contribution in [0.4, 0.5) is 0 Å². The Labute approximate surface area is 103 Å². The van der Waals surface area contributed by atoms with Crippen molar-refractivity contribution in [3.63, 3.8) is 0 Å². The molecule has 0 bridgehead atoms. The fourth-order valence-corrected chi connectivity index (χ4v) is 1.68. The van der Waals surface area contributed by atoms with E-state index in [9.17, 15) is 5.11 Å². The topological polar surface area (TPSA) is 54.6 Å². The van der Waals surface area contributed by atoms with Gasteiger partial charge >= 0.3 is 0 Å². The molecule has 0 aliphatic rings. The van der Waals surface area contributed by atoms with Gasteiger partial charge in [-0.2, -0.15) is 0 Å². The van der Waals surface area contributed by atoms with Crippen LogP contribution in [0, 0.1) is 6.92 Å². The fourth-order valence-electron chi connectivity index (χ4n) is 1.68. The standard InChI is InChI=1S/C13H23NO3/c1-5-11(8-16-4)14-9-13(3,15)12-7-6-10(2)17-12/h6-7,11,14-15H,5,8-9H2,1-4H3. The van der Waals surface area contributed by atoms with Crippen molar-refractivity contribution in [3.8, 4) is 0 Å². The molecular weight excluding hydrogens is 218 g/mol. The highest BCUT2D eigenvalue weighted by Crippen LogP contribution is 2.22. The van der Waals surface area contributed by atoms with E-state index in [-0.39, 0.29) is 6.04 Å². The van der Waals surface area contributed by atoms with E-state index in [2.05, 4.69) is 12.2 Å². The van der Waals surface area contributed by atoms with Gasteiger partial charge in [0.15, 0.2) is 0 Å². The van der Waals surface area contributed by atoms with Crippen molar-refractivity contribution in [2.75, 3.05) is 20.3 Å². The number of hydrogen-bond acceptors (Lipinski definition) is 4. The first kappa shape index (κ1) is 14.2. The minimum atomic E-state index is -0.991. The van der Waals surface area contributed by atoms with Crippen molar-refractivity contribution in [1.29, 1.82) is 0 Å². The number of aryl methyl sites for hydroxylation is 1. The van der Waals surface area contributed by atoms with Gasteiger partial charge in [-0.25, -0.2) is 0 Å². The van der Waals surface area contributed by atoms with Gasteiger partial charge in [-0.3, -0.25) is 0 Å². The van der Waals surface area contributed by atoms with E-state index < -0.39 is 5.60 Å². The van der Waals surface area contributed by atoms with Gasteiger partial charge in [-0.15, -0.1) is 0 Å². The molecule has 98 valence electrons. The summed E-state index contributed by atoms with van der Waals surface area (Å²) in [7, 11) is 1.68. The Kier molecular flexibility index (Phi) is 5.18. The van der Waals surface area contributed by atoms with Crippen molar-refractivity contribution < 1.29 is 14.3 Å². The Morgan fingerprint density at radius 3 is 2.71 bits per heavy atom. The largest absolute Gasteiger partial charge is 0.463 e. The summed E-state index contributed by atoms with van der Waals surface area (Å²) >= 11 is 0. The van der Waals surface area contributed by atoms with Gasteiger partial charge in [-0.1, -0.05) is 6.92 Å². The third kappa shape index (κ3) is 4.15. The summed E-state index contributed by atoms with van der Waals surface area (Å²) < 4.78 is 10.6. The second-order valence-corrected chi connectivity index (χ2v) is 4.63. The highest BCUT2D eigenvalue weighted by Gasteiger charge is 2.27. The third-order valence-electron chi connectivity index (χ3n) is 2.87. The second kappa shape index (κ2) is 6.19. The lowest BCUT2D eigenvalue weighted by Crippen LogP contribution is -2.42. The SMILES string of the molecule is CCC(COC)NCC(C)(O)c1ccc(C)o1. The molecule has 0 saturated heterocycles. The van der Waals surface area contributed by atoms with Crippen LogP contribution < -0.4 is 5.32 Å². The van der Waals surface area contributed by atoms with Gasteiger partial charge in [0.1, 0.15) is 17.1 Å². The summed E-state index contributed by atoms with van der Waals surface area (Å²) in [6, 6.07) is 3.92.